The second-order valence-corrected chi connectivity index (χ2v) is 6.61. The molecule has 0 aliphatic heterocycles. The first-order valence-corrected chi connectivity index (χ1v) is 7.99. The molecule has 0 spiro atoms. The molecule has 0 nitrogen and oxygen atoms in total. The minimum absolute atomic E-state index is 0.842. The van der Waals surface area contributed by atoms with Crippen LogP contribution in [0.5, 0.6) is 0 Å². The molecule has 0 saturated carbocycles. The maximum atomic E-state index is 2.46. The van der Waals surface area contributed by atoms with Crippen LogP contribution in [0, 0.1) is 23.7 Å². The first-order chi connectivity index (χ1) is 7.99. The van der Waals surface area contributed by atoms with Gasteiger partial charge in [0, 0.05) is 0 Å². The van der Waals surface area contributed by atoms with E-state index in [0.29, 0.717) is 0 Å². The highest BCUT2D eigenvalue weighted by molar-refractivity contribution is 4.67. The lowest BCUT2D eigenvalue weighted by atomic mass is 9.81. The van der Waals surface area contributed by atoms with Gasteiger partial charge in [-0.05, 0) is 30.1 Å². The van der Waals surface area contributed by atoms with E-state index in [1.807, 2.05) is 0 Å². The first-order valence-electron chi connectivity index (χ1n) is 7.99. The van der Waals surface area contributed by atoms with E-state index in [-0.39, 0.29) is 0 Å². The molecule has 0 rings (SSSR count). The van der Waals surface area contributed by atoms with E-state index in [9.17, 15) is 0 Å². The van der Waals surface area contributed by atoms with Crippen molar-refractivity contribution in [3.05, 3.63) is 0 Å². The molecule has 0 heteroatoms. The minimum atomic E-state index is 0.842. The fraction of sp³-hybridized carbons (Fsp3) is 1.00. The van der Waals surface area contributed by atoms with Crippen molar-refractivity contribution in [1.82, 2.24) is 0 Å². The standard InChI is InChI=1S/C17H36/c1-7-8-9-10-11-12-15(4)17(6)13-16(5)14(2)3/h14-17H,7-13H2,1-6H3. The Hall–Kier alpha value is 0. The smallest absolute Gasteiger partial charge is 0.0414 e. The molecule has 0 aliphatic rings. The molecule has 0 heterocycles. The Morgan fingerprint density at radius 2 is 1.24 bits per heavy atom. The lowest BCUT2D eigenvalue weighted by molar-refractivity contribution is 0.259. The third kappa shape index (κ3) is 8.69. The molecule has 17 heavy (non-hydrogen) atoms. The molecule has 104 valence electrons. The molecule has 3 unspecified atom stereocenters. The molecule has 0 aromatic carbocycles. The summed E-state index contributed by atoms with van der Waals surface area (Å²) in [7, 11) is 0. The third-order valence-corrected chi connectivity index (χ3v) is 4.62. The van der Waals surface area contributed by atoms with Gasteiger partial charge in [0.05, 0.1) is 0 Å². The Morgan fingerprint density at radius 1 is 0.647 bits per heavy atom. The van der Waals surface area contributed by atoms with Crippen molar-refractivity contribution in [2.45, 2.75) is 86.5 Å². The third-order valence-electron chi connectivity index (χ3n) is 4.62. The summed E-state index contributed by atoms with van der Waals surface area (Å²) in [5, 5.41) is 0. The fourth-order valence-electron chi connectivity index (χ4n) is 2.45. The Bertz CT molecular complexity index is 159. The predicted octanol–water partition coefficient (Wildman–Crippen LogP) is 6.30. The fourth-order valence-corrected chi connectivity index (χ4v) is 2.45. The molecule has 0 fully saturated rings. The van der Waals surface area contributed by atoms with Crippen molar-refractivity contribution in [2.24, 2.45) is 23.7 Å². The number of hydrogen-bond acceptors (Lipinski definition) is 0. The van der Waals surface area contributed by atoms with Crippen molar-refractivity contribution in [1.29, 1.82) is 0 Å². The molecule has 0 bridgehead atoms. The van der Waals surface area contributed by atoms with Gasteiger partial charge in [0.1, 0.15) is 0 Å². The van der Waals surface area contributed by atoms with Crippen LogP contribution >= 0.6 is 0 Å². The van der Waals surface area contributed by atoms with Crippen molar-refractivity contribution in [2.75, 3.05) is 0 Å². The van der Waals surface area contributed by atoms with Gasteiger partial charge in [-0.2, -0.15) is 0 Å². The van der Waals surface area contributed by atoms with E-state index in [4.69, 9.17) is 0 Å². The largest absolute Gasteiger partial charge is 0.0654 e. The van der Waals surface area contributed by atoms with Gasteiger partial charge >= 0.3 is 0 Å². The molecule has 0 amide bonds. The van der Waals surface area contributed by atoms with Gasteiger partial charge in [-0.3, -0.25) is 0 Å². The van der Waals surface area contributed by atoms with Crippen molar-refractivity contribution in [3.63, 3.8) is 0 Å². The van der Waals surface area contributed by atoms with E-state index in [1.165, 1.54) is 44.9 Å². The SMILES string of the molecule is CCCCCCCC(C)C(C)CC(C)C(C)C. The van der Waals surface area contributed by atoms with Crippen LogP contribution in [0.1, 0.15) is 86.5 Å². The summed E-state index contributed by atoms with van der Waals surface area (Å²) in [4.78, 5) is 0. The average molecular weight is 240 g/mol. The summed E-state index contributed by atoms with van der Waals surface area (Å²) < 4.78 is 0. The highest BCUT2D eigenvalue weighted by atomic mass is 14.2. The van der Waals surface area contributed by atoms with E-state index < -0.39 is 0 Å². The predicted molar refractivity (Wildman–Crippen MR) is 80.3 cm³/mol. The van der Waals surface area contributed by atoms with Gasteiger partial charge in [0.25, 0.3) is 0 Å². The van der Waals surface area contributed by atoms with Gasteiger partial charge < -0.3 is 0 Å². The molecular weight excluding hydrogens is 204 g/mol. The van der Waals surface area contributed by atoms with E-state index in [0.717, 1.165) is 23.7 Å². The van der Waals surface area contributed by atoms with Crippen LogP contribution < -0.4 is 0 Å². The van der Waals surface area contributed by atoms with Crippen LogP contribution in [0.4, 0.5) is 0 Å². The quantitative estimate of drug-likeness (QED) is 0.393. The van der Waals surface area contributed by atoms with Gasteiger partial charge in [-0.15, -0.1) is 0 Å². The van der Waals surface area contributed by atoms with Crippen molar-refractivity contribution < 1.29 is 0 Å². The second-order valence-electron chi connectivity index (χ2n) is 6.61. The van der Waals surface area contributed by atoms with E-state index in [2.05, 4.69) is 41.5 Å². The molecule has 0 saturated heterocycles. The summed E-state index contributed by atoms with van der Waals surface area (Å²) in [6.07, 6.45) is 9.97. The average Bonchev–Trinajstić information content (AvgIpc) is 2.28. The summed E-state index contributed by atoms with van der Waals surface area (Å²) >= 11 is 0. The zero-order valence-electron chi connectivity index (χ0n) is 13.3. The molecule has 3 atom stereocenters. The minimum Gasteiger partial charge on any atom is -0.0654 e. The molecule has 0 aromatic rings. The highest BCUT2D eigenvalue weighted by Gasteiger charge is 2.16. The van der Waals surface area contributed by atoms with Gasteiger partial charge in [0.2, 0.25) is 0 Å². The molecule has 0 radical (unpaired) electrons. The van der Waals surface area contributed by atoms with Crippen LogP contribution in [0.3, 0.4) is 0 Å². The van der Waals surface area contributed by atoms with Crippen LogP contribution in [-0.2, 0) is 0 Å². The normalized spacial score (nSPS) is 17.1. The molecular formula is C17H36. The first kappa shape index (κ1) is 17.0. The van der Waals surface area contributed by atoms with Crippen molar-refractivity contribution in [3.8, 4) is 0 Å². The van der Waals surface area contributed by atoms with Crippen LogP contribution in [0.25, 0.3) is 0 Å². The number of rotatable bonds is 10. The number of hydrogen-bond donors (Lipinski definition) is 0. The van der Waals surface area contributed by atoms with E-state index in [1.54, 1.807) is 0 Å². The maximum Gasteiger partial charge on any atom is -0.0414 e. The Kier molecular flexibility index (Phi) is 9.97. The Balaban J connectivity index is 3.63. The maximum absolute atomic E-state index is 2.46. The summed E-state index contributed by atoms with van der Waals surface area (Å²) in [6.45, 7) is 14.3. The monoisotopic (exact) mass is 240 g/mol. The Labute approximate surface area is 111 Å². The van der Waals surface area contributed by atoms with Gasteiger partial charge in [0.15, 0.2) is 0 Å². The van der Waals surface area contributed by atoms with Gasteiger partial charge in [-0.1, -0.05) is 80.1 Å². The van der Waals surface area contributed by atoms with E-state index >= 15 is 0 Å². The highest BCUT2D eigenvalue weighted by Crippen LogP contribution is 2.27. The summed E-state index contributed by atoms with van der Waals surface area (Å²) in [6, 6.07) is 0. The zero-order chi connectivity index (χ0) is 13.3. The van der Waals surface area contributed by atoms with Crippen LogP contribution in [-0.4, -0.2) is 0 Å². The zero-order valence-corrected chi connectivity index (χ0v) is 13.3. The van der Waals surface area contributed by atoms with Crippen molar-refractivity contribution >= 4 is 0 Å². The molecule has 0 aromatic heterocycles. The van der Waals surface area contributed by atoms with Crippen LogP contribution in [0.2, 0.25) is 0 Å². The topological polar surface area (TPSA) is 0 Å². The molecule has 0 N–H and O–H groups in total. The summed E-state index contributed by atoms with van der Waals surface area (Å²) in [5.41, 5.74) is 0. The van der Waals surface area contributed by atoms with Gasteiger partial charge in [-0.25, -0.2) is 0 Å². The number of unbranched alkanes of at least 4 members (excludes halogenated alkanes) is 4. The lowest BCUT2D eigenvalue weighted by Gasteiger charge is -2.25. The Morgan fingerprint density at radius 3 is 1.76 bits per heavy atom. The second kappa shape index (κ2) is 9.97. The summed E-state index contributed by atoms with van der Waals surface area (Å²) in [5.74, 6) is 3.54. The molecule has 0 aliphatic carbocycles. The lowest BCUT2D eigenvalue weighted by Crippen LogP contribution is -2.15. The van der Waals surface area contributed by atoms with Crippen LogP contribution in [0.15, 0.2) is 0 Å².